The third-order valence-electron chi connectivity index (χ3n) is 2.82. The molecule has 0 aliphatic rings. The number of aliphatic hydroxyl groups excluding tert-OH is 1. The van der Waals surface area contributed by atoms with Crippen molar-refractivity contribution in [1.82, 2.24) is 4.90 Å². The summed E-state index contributed by atoms with van der Waals surface area (Å²) in [5, 5.41) is 10.9. The molecule has 20 heavy (non-hydrogen) atoms. The number of likely N-dealkylation sites (N-methyl/N-ethyl adjacent to an activating group) is 1. The highest BCUT2D eigenvalue weighted by Gasteiger charge is 2.11. The second kappa shape index (κ2) is 7.07. The molecule has 2 aromatic rings. The van der Waals surface area contributed by atoms with Crippen LogP contribution in [0, 0.1) is 0 Å². The van der Waals surface area contributed by atoms with E-state index in [1.807, 2.05) is 23.6 Å². The van der Waals surface area contributed by atoms with E-state index in [4.69, 9.17) is 9.84 Å². The van der Waals surface area contributed by atoms with Crippen molar-refractivity contribution >= 4 is 17.2 Å². The first-order chi connectivity index (χ1) is 9.70. The van der Waals surface area contributed by atoms with Crippen LogP contribution in [0.4, 0.5) is 0 Å². The molecular weight excluding hydrogens is 274 g/mol. The fourth-order valence-electron chi connectivity index (χ4n) is 1.74. The molecular formula is C15H17NO3S. The second-order valence-electron chi connectivity index (χ2n) is 4.35. The summed E-state index contributed by atoms with van der Waals surface area (Å²) >= 11 is 1.64. The van der Waals surface area contributed by atoms with Gasteiger partial charge in [-0.15, -0.1) is 11.3 Å². The highest BCUT2D eigenvalue weighted by Crippen LogP contribution is 2.17. The summed E-state index contributed by atoms with van der Waals surface area (Å²) in [7, 11) is 1.66. The molecule has 1 aromatic heterocycles. The average molecular weight is 291 g/mol. The average Bonchev–Trinajstić information content (AvgIpc) is 2.98. The highest BCUT2D eigenvalue weighted by molar-refractivity contribution is 7.09. The van der Waals surface area contributed by atoms with E-state index in [1.54, 1.807) is 36.6 Å². The van der Waals surface area contributed by atoms with Crippen LogP contribution in [0.15, 0.2) is 41.8 Å². The lowest BCUT2D eigenvalue weighted by Gasteiger charge is -2.16. The van der Waals surface area contributed by atoms with Gasteiger partial charge in [-0.3, -0.25) is 4.79 Å². The number of carbonyl (C=O) groups is 1. The predicted molar refractivity (Wildman–Crippen MR) is 79.1 cm³/mol. The maximum Gasteiger partial charge on any atom is 0.253 e. The summed E-state index contributed by atoms with van der Waals surface area (Å²) in [6, 6.07) is 11.1. The van der Waals surface area contributed by atoms with Crippen molar-refractivity contribution in [1.29, 1.82) is 0 Å². The molecule has 0 atom stereocenters. The predicted octanol–water partition coefficient (Wildman–Crippen LogP) is 2.39. The molecule has 106 valence electrons. The molecule has 0 spiro atoms. The van der Waals surface area contributed by atoms with Crippen LogP contribution in [-0.2, 0) is 6.61 Å². The number of nitrogens with zero attached hydrogens (tertiary/aromatic N) is 1. The number of hydrogen-bond acceptors (Lipinski definition) is 4. The third-order valence-corrected chi connectivity index (χ3v) is 3.67. The van der Waals surface area contributed by atoms with Crippen LogP contribution in [0.1, 0.15) is 15.2 Å². The van der Waals surface area contributed by atoms with Gasteiger partial charge in [0.1, 0.15) is 12.4 Å². The van der Waals surface area contributed by atoms with Gasteiger partial charge in [-0.25, -0.2) is 0 Å². The maximum atomic E-state index is 12.1. The Kier molecular flexibility index (Phi) is 5.15. The second-order valence-corrected chi connectivity index (χ2v) is 5.38. The quantitative estimate of drug-likeness (QED) is 0.889. The number of thiophene rings is 1. The molecule has 1 N–H and O–H groups in total. The fourth-order valence-corrected chi connectivity index (χ4v) is 2.36. The van der Waals surface area contributed by atoms with E-state index in [2.05, 4.69) is 0 Å². The Balaban J connectivity index is 2.02. The topological polar surface area (TPSA) is 49.8 Å². The SMILES string of the molecule is CN(CCO)C(=O)c1cccc(OCc2cccs2)c1. The lowest BCUT2D eigenvalue weighted by Crippen LogP contribution is -2.29. The Morgan fingerprint density at radius 1 is 1.35 bits per heavy atom. The molecule has 0 aliphatic heterocycles. The number of ether oxygens (including phenoxy) is 1. The monoisotopic (exact) mass is 291 g/mol. The minimum atomic E-state index is -0.124. The molecule has 0 bridgehead atoms. The van der Waals surface area contributed by atoms with Crippen molar-refractivity contribution in [3.05, 3.63) is 52.2 Å². The van der Waals surface area contributed by atoms with Gasteiger partial charge in [0.25, 0.3) is 5.91 Å². The molecule has 2 rings (SSSR count). The van der Waals surface area contributed by atoms with Crippen LogP contribution >= 0.6 is 11.3 Å². The van der Waals surface area contributed by atoms with Crippen molar-refractivity contribution in [3.63, 3.8) is 0 Å². The van der Waals surface area contributed by atoms with Gasteiger partial charge in [0, 0.05) is 24.0 Å². The van der Waals surface area contributed by atoms with Crippen LogP contribution < -0.4 is 4.74 Å². The number of carbonyl (C=O) groups excluding carboxylic acids is 1. The van der Waals surface area contributed by atoms with E-state index >= 15 is 0 Å². The van der Waals surface area contributed by atoms with Gasteiger partial charge in [0.05, 0.1) is 6.61 Å². The van der Waals surface area contributed by atoms with Crippen LogP contribution in [0.5, 0.6) is 5.75 Å². The zero-order valence-corrected chi connectivity index (χ0v) is 12.1. The summed E-state index contributed by atoms with van der Waals surface area (Å²) in [6.45, 7) is 0.776. The van der Waals surface area contributed by atoms with E-state index in [0.29, 0.717) is 24.5 Å². The lowest BCUT2D eigenvalue weighted by atomic mass is 10.2. The van der Waals surface area contributed by atoms with Gasteiger partial charge >= 0.3 is 0 Å². The van der Waals surface area contributed by atoms with Gasteiger partial charge in [0.15, 0.2) is 0 Å². The van der Waals surface area contributed by atoms with E-state index in [9.17, 15) is 4.79 Å². The highest BCUT2D eigenvalue weighted by atomic mass is 32.1. The first kappa shape index (κ1) is 14.6. The Labute approximate surface area is 122 Å². The van der Waals surface area contributed by atoms with E-state index in [-0.39, 0.29) is 12.5 Å². The Morgan fingerprint density at radius 2 is 2.20 bits per heavy atom. The van der Waals surface area contributed by atoms with Crippen LogP contribution in [0.3, 0.4) is 0 Å². The van der Waals surface area contributed by atoms with Crippen molar-refractivity contribution in [2.45, 2.75) is 6.61 Å². The largest absolute Gasteiger partial charge is 0.488 e. The van der Waals surface area contributed by atoms with Crippen molar-refractivity contribution < 1.29 is 14.6 Å². The number of aliphatic hydroxyl groups is 1. The Morgan fingerprint density at radius 3 is 2.90 bits per heavy atom. The molecule has 1 amide bonds. The molecule has 0 aliphatic carbocycles. The molecule has 0 saturated heterocycles. The molecule has 0 radical (unpaired) electrons. The maximum absolute atomic E-state index is 12.1. The van der Waals surface area contributed by atoms with Crippen LogP contribution in [0.25, 0.3) is 0 Å². The first-order valence-corrected chi connectivity index (χ1v) is 7.20. The van der Waals surface area contributed by atoms with Crippen LogP contribution in [-0.4, -0.2) is 36.1 Å². The molecule has 1 aromatic carbocycles. The van der Waals surface area contributed by atoms with E-state index in [1.165, 1.54) is 4.90 Å². The molecule has 5 heteroatoms. The standard InChI is InChI=1S/C15H17NO3S/c1-16(7-8-17)15(18)12-4-2-5-13(10-12)19-11-14-6-3-9-20-14/h2-6,9-10,17H,7-8,11H2,1H3. The number of hydrogen-bond donors (Lipinski definition) is 1. The minimum absolute atomic E-state index is 0.0448. The smallest absolute Gasteiger partial charge is 0.253 e. The minimum Gasteiger partial charge on any atom is -0.488 e. The number of rotatable bonds is 6. The molecule has 1 heterocycles. The molecule has 4 nitrogen and oxygen atoms in total. The van der Waals surface area contributed by atoms with Gasteiger partial charge in [-0.1, -0.05) is 12.1 Å². The van der Waals surface area contributed by atoms with Crippen molar-refractivity contribution in [2.75, 3.05) is 20.2 Å². The summed E-state index contributed by atoms with van der Waals surface area (Å²) in [4.78, 5) is 14.7. The van der Waals surface area contributed by atoms with E-state index < -0.39 is 0 Å². The Bertz CT molecular complexity index is 554. The molecule has 0 fully saturated rings. The molecule has 0 unspecified atom stereocenters. The number of amides is 1. The van der Waals surface area contributed by atoms with Gasteiger partial charge in [-0.05, 0) is 29.6 Å². The number of benzene rings is 1. The lowest BCUT2D eigenvalue weighted by molar-refractivity contribution is 0.0766. The van der Waals surface area contributed by atoms with Crippen LogP contribution in [0.2, 0.25) is 0 Å². The zero-order chi connectivity index (χ0) is 14.4. The normalized spacial score (nSPS) is 10.3. The van der Waals surface area contributed by atoms with Crippen molar-refractivity contribution in [3.8, 4) is 5.75 Å². The van der Waals surface area contributed by atoms with Gasteiger partial charge < -0.3 is 14.7 Å². The van der Waals surface area contributed by atoms with Gasteiger partial charge in [-0.2, -0.15) is 0 Å². The van der Waals surface area contributed by atoms with Crippen molar-refractivity contribution in [2.24, 2.45) is 0 Å². The Hall–Kier alpha value is -1.85. The summed E-state index contributed by atoms with van der Waals surface area (Å²) in [5.74, 6) is 0.544. The summed E-state index contributed by atoms with van der Waals surface area (Å²) < 4.78 is 5.67. The summed E-state index contributed by atoms with van der Waals surface area (Å²) in [5.41, 5.74) is 0.560. The zero-order valence-electron chi connectivity index (χ0n) is 11.3. The molecule has 0 saturated carbocycles. The van der Waals surface area contributed by atoms with E-state index in [0.717, 1.165) is 4.88 Å². The van der Waals surface area contributed by atoms with Gasteiger partial charge in [0.2, 0.25) is 0 Å². The summed E-state index contributed by atoms with van der Waals surface area (Å²) in [6.07, 6.45) is 0. The first-order valence-electron chi connectivity index (χ1n) is 6.32. The fraction of sp³-hybridized carbons (Fsp3) is 0.267. The third kappa shape index (κ3) is 3.82.